The molecule has 0 spiro atoms. The smallest absolute Gasteiger partial charge is 0.142 e. The van der Waals surface area contributed by atoms with Gasteiger partial charge in [-0.25, -0.2) is 0 Å². The minimum Gasteiger partial charge on any atom is -0.489 e. The standard InChI is InChI=1S/C21H27NO3/c1-16-7-5-8-18(13-16)25-17(2)14-22-20-10-3-4-11-21(20)24-15-19-9-6-12-23-19/h3-5,7-8,10-11,13,17,19,22H,6,9,12,14-15H2,1-2H3. The summed E-state index contributed by atoms with van der Waals surface area (Å²) in [6.07, 6.45) is 2.48. The Balaban J connectivity index is 1.51. The molecular formula is C21H27NO3. The van der Waals surface area contributed by atoms with Crippen LogP contribution >= 0.6 is 0 Å². The highest BCUT2D eigenvalue weighted by molar-refractivity contribution is 5.56. The average molecular weight is 341 g/mol. The van der Waals surface area contributed by atoms with Gasteiger partial charge >= 0.3 is 0 Å². The third-order valence-corrected chi connectivity index (χ3v) is 4.24. The Morgan fingerprint density at radius 3 is 2.88 bits per heavy atom. The number of nitrogens with one attached hydrogen (secondary N) is 1. The number of ether oxygens (including phenoxy) is 3. The van der Waals surface area contributed by atoms with Crippen molar-refractivity contribution in [3.05, 3.63) is 54.1 Å². The molecular weight excluding hydrogens is 314 g/mol. The van der Waals surface area contributed by atoms with Gasteiger partial charge in [-0.3, -0.25) is 0 Å². The lowest BCUT2D eigenvalue weighted by Crippen LogP contribution is -2.23. The summed E-state index contributed by atoms with van der Waals surface area (Å²) in [5.74, 6) is 1.76. The average Bonchev–Trinajstić information content (AvgIpc) is 3.12. The van der Waals surface area contributed by atoms with Crippen LogP contribution in [0.25, 0.3) is 0 Å². The van der Waals surface area contributed by atoms with Crippen LogP contribution in [-0.4, -0.2) is 32.0 Å². The topological polar surface area (TPSA) is 39.7 Å². The van der Waals surface area contributed by atoms with E-state index in [-0.39, 0.29) is 12.2 Å². The van der Waals surface area contributed by atoms with Gasteiger partial charge in [-0.05, 0) is 56.5 Å². The van der Waals surface area contributed by atoms with Gasteiger partial charge in [0.25, 0.3) is 0 Å². The molecule has 1 fully saturated rings. The second-order valence-electron chi connectivity index (χ2n) is 6.57. The highest BCUT2D eigenvalue weighted by Crippen LogP contribution is 2.25. The number of benzene rings is 2. The lowest BCUT2D eigenvalue weighted by atomic mass is 10.2. The Bertz CT molecular complexity index is 668. The van der Waals surface area contributed by atoms with Gasteiger partial charge in [-0.2, -0.15) is 0 Å². The lowest BCUT2D eigenvalue weighted by molar-refractivity contribution is 0.0682. The highest BCUT2D eigenvalue weighted by atomic mass is 16.5. The molecule has 2 aromatic rings. The van der Waals surface area contributed by atoms with Crippen LogP contribution < -0.4 is 14.8 Å². The summed E-state index contributed by atoms with van der Waals surface area (Å²) in [7, 11) is 0. The first kappa shape index (κ1) is 17.6. The molecule has 134 valence electrons. The summed E-state index contributed by atoms with van der Waals surface area (Å²) in [6.45, 7) is 6.28. The summed E-state index contributed by atoms with van der Waals surface area (Å²) in [5, 5.41) is 3.43. The third-order valence-electron chi connectivity index (χ3n) is 4.24. The predicted octanol–water partition coefficient (Wildman–Crippen LogP) is 4.43. The van der Waals surface area contributed by atoms with Crippen molar-refractivity contribution in [2.75, 3.05) is 25.1 Å². The van der Waals surface area contributed by atoms with E-state index < -0.39 is 0 Å². The quantitative estimate of drug-likeness (QED) is 0.771. The van der Waals surface area contributed by atoms with E-state index in [9.17, 15) is 0 Å². The van der Waals surface area contributed by atoms with Gasteiger partial charge in [0.1, 0.15) is 24.2 Å². The van der Waals surface area contributed by atoms with Gasteiger partial charge in [0.15, 0.2) is 0 Å². The minimum absolute atomic E-state index is 0.0491. The van der Waals surface area contributed by atoms with Gasteiger partial charge in [0, 0.05) is 6.61 Å². The molecule has 0 amide bonds. The van der Waals surface area contributed by atoms with Crippen LogP contribution in [0, 0.1) is 6.92 Å². The summed E-state index contributed by atoms with van der Waals surface area (Å²) < 4.78 is 17.6. The van der Waals surface area contributed by atoms with E-state index in [2.05, 4.69) is 31.3 Å². The molecule has 2 atom stereocenters. The Hall–Kier alpha value is -2.20. The molecule has 1 saturated heterocycles. The zero-order chi connectivity index (χ0) is 17.5. The molecule has 2 unspecified atom stereocenters. The normalized spacial score (nSPS) is 17.9. The monoisotopic (exact) mass is 341 g/mol. The number of aryl methyl sites for hydroxylation is 1. The molecule has 2 aromatic carbocycles. The van der Waals surface area contributed by atoms with Crippen LogP contribution in [0.3, 0.4) is 0 Å². The number of para-hydroxylation sites is 2. The van der Waals surface area contributed by atoms with E-state index in [0.29, 0.717) is 13.2 Å². The van der Waals surface area contributed by atoms with Gasteiger partial charge < -0.3 is 19.5 Å². The molecule has 1 aliphatic rings. The van der Waals surface area contributed by atoms with Crippen molar-refractivity contribution in [1.82, 2.24) is 0 Å². The SMILES string of the molecule is Cc1cccc(OC(C)CNc2ccccc2OCC2CCCO2)c1. The summed E-state index contributed by atoms with van der Waals surface area (Å²) in [5.41, 5.74) is 2.19. The maximum absolute atomic E-state index is 5.97. The first-order chi connectivity index (χ1) is 12.2. The Kier molecular flexibility index (Phi) is 6.18. The number of hydrogen-bond acceptors (Lipinski definition) is 4. The van der Waals surface area contributed by atoms with Crippen molar-refractivity contribution in [3.63, 3.8) is 0 Å². The van der Waals surface area contributed by atoms with Crippen LogP contribution in [-0.2, 0) is 4.74 Å². The number of hydrogen-bond donors (Lipinski definition) is 1. The van der Waals surface area contributed by atoms with Gasteiger partial charge in [0.2, 0.25) is 0 Å². The fourth-order valence-corrected chi connectivity index (χ4v) is 2.91. The highest BCUT2D eigenvalue weighted by Gasteiger charge is 2.16. The summed E-state index contributed by atoms with van der Waals surface area (Å²) >= 11 is 0. The van der Waals surface area contributed by atoms with Crippen LogP contribution in [0.2, 0.25) is 0 Å². The Morgan fingerprint density at radius 1 is 1.20 bits per heavy atom. The molecule has 0 aliphatic carbocycles. The van der Waals surface area contributed by atoms with Crippen molar-refractivity contribution in [3.8, 4) is 11.5 Å². The molecule has 0 aromatic heterocycles. The van der Waals surface area contributed by atoms with E-state index in [1.165, 1.54) is 5.56 Å². The molecule has 4 nitrogen and oxygen atoms in total. The van der Waals surface area contributed by atoms with E-state index in [4.69, 9.17) is 14.2 Å². The molecule has 25 heavy (non-hydrogen) atoms. The lowest BCUT2D eigenvalue weighted by Gasteiger charge is -2.19. The number of rotatable bonds is 8. The van der Waals surface area contributed by atoms with Gasteiger partial charge in [0.05, 0.1) is 18.3 Å². The van der Waals surface area contributed by atoms with Crippen LogP contribution in [0.1, 0.15) is 25.3 Å². The van der Waals surface area contributed by atoms with E-state index >= 15 is 0 Å². The van der Waals surface area contributed by atoms with Crippen molar-refractivity contribution in [2.45, 2.75) is 38.9 Å². The van der Waals surface area contributed by atoms with Gasteiger partial charge in [-0.15, -0.1) is 0 Å². The maximum Gasteiger partial charge on any atom is 0.142 e. The molecule has 0 saturated carbocycles. The minimum atomic E-state index is 0.0491. The van der Waals surface area contributed by atoms with Crippen molar-refractivity contribution in [1.29, 1.82) is 0 Å². The van der Waals surface area contributed by atoms with E-state index in [1.54, 1.807) is 0 Å². The fourth-order valence-electron chi connectivity index (χ4n) is 2.91. The first-order valence-corrected chi connectivity index (χ1v) is 9.01. The summed E-state index contributed by atoms with van der Waals surface area (Å²) in [6, 6.07) is 16.1. The largest absolute Gasteiger partial charge is 0.489 e. The van der Waals surface area contributed by atoms with Crippen molar-refractivity contribution >= 4 is 5.69 Å². The van der Waals surface area contributed by atoms with Crippen molar-refractivity contribution < 1.29 is 14.2 Å². The van der Waals surface area contributed by atoms with E-state index in [1.807, 2.05) is 36.4 Å². The molecule has 0 bridgehead atoms. The van der Waals surface area contributed by atoms with Gasteiger partial charge in [-0.1, -0.05) is 24.3 Å². The van der Waals surface area contributed by atoms with Crippen LogP contribution in [0.15, 0.2) is 48.5 Å². The first-order valence-electron chi connectivity index (χ1n) is 9.01. The van der Waals surface area contributed by atoms with Crippen molar-refractivity contribution in [2.24, 2.45) is 0 Å². The molecule has 0 radical (unpaired) electrons. The van der Waals surface area contributed by atoms with Crippen LogP contribution in [0.5, 0.6) is 11.5 Å². The summed E-state index contributed by atoms with van der Waals surface area (Å²) in [4.78, 5) is 0. The second kappa shape index (κ2) is 8.77. The Labute approximate surface area is 150 Å². The molecule has 3 rings (SSSR count). The second-order valence-corrected chi connectivity index (χ2v) is 6.57. The van der Waals surface area contributed by atoms with E-state index in [0.717, 1.165) is 36.6 Å². The fraction of sp³-hybridized carbons (Fsp3) is 0.429. The third kappa shape index (κ3) is 5.40. The predicted molar refractivity (Wildman–Crippen MR) is 101 cm³/mol. The molecule has 1 heterocycles. The molecule has 1 aliphatic heterocycles. The Morgan fingerprint density at radius 2 is 2.08 bits per heavy atom. The molecule has 1 N–H and O–H groups in total. The maximum atomic E-state index is 5.97. The van der Waals surface area contributed by atoms with Crippen LogP contribution in [0.4, 0.5) is 5.69 Å². The number of anilines is 1. The zero-order valence-electron chi connectivity index (χ0n) is 15.0. The molecule has 4 heteroatoms. The zero-order valence-corrected chi connectivity index (χ0v) is 15.0.